The van der Waals surface area contributed by atoms with Crippen molar-refractivity contribution in [3.05, 3.63) is 64.7 Å². The van der Waals surface area contributed by atoms with Gasteiger partial charge in [-0.2, -0.15) is 0 Å². The van der Waals surface area contributed by atoms with Crippen LogP contribution in [0.4, 0.5) is 0 Å². The maximum atomic E-state index is 12.5. The lowest BCUT2D eigenvalue weighted by Crippen LogP contribution is -2.20. The average molecular weight is 379 g/mol. The molecule has 0 aliphatic heterocycles. The zero-order valence-electron chi connectivity index (χ0n) is 13.8. The molecule has 8 heteroatoms. The topological polar surface area (TPSA) is 65.1 Å². The Bertz CT molecular complexity index is 1300. The molecule has 0 unspecified atom stereocenters. The lowest BCUT2D eigenvalue weighted by Gasteiger charge is -2.07. The number of hydrogen-bond acceptors (Lipinski definition) is 6. The molecular formula is C18H13N5OS2. The minimum atomic E-state index is -0.0640. The summed E-state index contributed by atoms with van der Waals surface area (Å²) in [6, 6.07) is 15.7. The van der Waals surface area contributed by atoms with Gasteiger partial charge in [0.1, 0.15) is 5.82 Å². The summed E-state index contributed by atoms with van der Waals surface area (Å²) in [5, 5.41) is 9.22. The van der Waals surface area contributed by atoms with Crippen molar-refractivity contribution in [2.45, 2.75) is 10.1 Å². The molecule has 0 N–H and O–H groups in total. The molecule has 0 saturated heterocycles. The lowest BCUT2D eigenvalue weighted by molar-refractivity contribution is 0.858. The van der Waals surface area contributed by atoms with Gasteiger partial charge in [0.25, 0.3) is 5.56 Å². The Kier molecular flexibility index (Phi) is 3.54. The van der Waals surface area contributed by atoms with Gasteiger partial charge in [-0.15, -0.1) is 21.5 Å². The molecule has 5 aromatic rings. The van der Waals surface area contributed by atoms with Gasteiger partial charge in [-0.1, -0.05) is 36.0 Å². The quantitative estimate of drug-likeness (QED) is 0.449. The summed E-state index contributed by atoms with van der Waals surface area (Å²) < 4.78 is 5.67. The summed E-state index contributed by atoms with van der Waals surface area (Å²) >= 11 is 3.31. The number of hydrogen-bond donors (Lipinski definition) is 0. The third-order valence-corrected chi connectivity index (χ3v) is 6.47. The first kappa shape index (κ1) is 15.5. The molecule has 5 rings (SSSR count). The molecule has 0 saturated carbocycles. The van der Waals surface area contributed by atoms with Crippen LogP contribution in [0.1, 0.15) is 5.82 Å². The lowest BCUT2D eigenvalue weighted by atomic mass is 10.2. The molecule has 3 heterocycles. The highest BCUT2D eigenvalue weighted by atomic mass is 32.2. The number of nitrogens with zero attached hydrogens (tertiary/aromatic N) is 5. The van der Waals surface area contributed by atoms with Crippen molar-refractivity contribution in [2.24, 2.45) is 7.05 Å². The number of fused-ring (bicyclic) bond motifs is 4. The minimum Gasteiger partial charge on any atom is -0.279 e. The predicted octanol–water partition coefficient (Wildman–Crippen LogP) is 3.48. The molecule has 0 aliphatic carbocycles. The number of rotatable bonds is 3. The van der Waals surface area contributed by atoms with Crippen LogP contribution in [0.3, 0.4) is 0 Å². The van der Waals surface area contributed by atoms with E-state index in [1.807, 2.05) is 46.9 Å². The second kappa shape index (κ2) is 5.93. The van der Waals surface area contributed by atoms with Gasteiger partial charge in [-0.3, -0.25) is 13.8 Å². The fourth-order valence-electron chi connectivity index (χ4n) is 3.02. The van der Waals surface area contributed by atoms with Gasteiger partial charge in [0.15, 0.2) is 4.34 Å². The Hall–Kier alpha value is -2.71. The van der Waals surface area contributed by atoms with Gasteiger partial charge < -0.3 is 0 Å². The second-order valence-electron chi connectivity index (χ2n) is 5.87. The summed E-state index contributed by atoms with van der Waals surface area (Å²) in [5.41, 5.74) is 1.78. The summed E-state index contributed by atoms with van der Waals surface area (Å²) in [5.74, 6) is 1.98. The van der Waals surface area contributed by atoms with Crippen LogP contribution in [-0.2, 0) is 12.8 Å². The minimum absolute atomic E-state index is 0.0640. The average Bonchev–Trinajstić information content (AvgIpc) is 3.28. The van der Waals surface area contributed by atoms with E-state index in [0.717, 1.165) is 21.2 Å². The maximum absolute atomic E-state index is 12.5. The van der Waals surface area contributed by atoms with Crippen molar-refractivity contribution >= 4 is 50.0 Å². The van der Waals surface area contributed by atoms with Crippen molar-refractivity contribution in [3.63, 3.8) is 0 Å². The SMILES string of the molecule is Cn1c(=O)c2ccccc2n2c(CSc3nc4ccccc4s3)nnc12. The Morgan fingerprint density at radius 3 is 2.77 bits per heavy atom. The van der Waals surface area contributed by atoms with Gasteiger partial charge in [0, 0.05) is 7.05 Å². The van der Waals surface area contributed by atoms with Crippen LogP contribution in [0.2, 0.25) is 0 Å². The number of aryl methyl sites for hydroxylation is 1. The van der Waals surface area contributed by atoms with Crippen LogP contribution in [0, 0.1) is 0 Å². The highest BCUT2D eigenvalue weighted by Crippen LogP contribution is 2.31. The molecule has 0 aliphatic rings. The summed E-state index contributed by atoms with van der Waals surface area (Å²) in [6.07, 6.45) is 0. The van der Waals surface area contributed by atoms with Crippen molar-refractivity contribution in [1.29, 1.82) is 0 Å². The van der Waals surface area contributed by atoms with E-state index < -0.39 is 0 Å². The fourth-order valence-corrected chi connectivity index (χ4v) is 5.01. The molecule has 2 aromatic carbocycles. The van der Waals surface area contributed by atoms with E-state index in [9.17, 15) is 4.79 Å². The van der Waals surface area contributed by atoms with E-state index in [4.69, 9.17) is 0 Å². The molecular weight excluding hydrogens is 366 g/mol. The van der Waals surface area contributed by atoms with E-state index in [-0.39, 0.29) is 5.56 Å². The van der Waals surface area contributed by atoms with Crippen molar-refractivity contribution in [2.75, 3.05) is 0 Å². The maximum Gasteiger partial charge on any atom is 0.262 e. The standard InChI is InChI=1S/C18H13N5OS2/c1-22-16(24)11-6-2-4-8-13(11)23-15(20-21-17(22)23)10-25-18-19-12-7-3-5-9-14(12)26-18/h2-9H,10H2,1H3. The summed E-state index contributed by atoms with van der Waals surface area (Å²) in [7, 11) is 1.73. The Labute approximate surface area is 156 Å². The molecule has 128 valence electrons. The van der Waals surface area contributed by atoms with Crippen LogP contribution in [0.25, 0.3) is 26.9 Å². The Balaban J connectivity index is 1.60. The van der Waals surface area contributed by atoms with Crippen LogP contribution in [-0.4, -0.2) is 24.1 Å². The Morgan fingerprint density at radius 1 is 1.08 bits per heavy atom. The first-order valence-electron chi connectivity index (χ1n) is 8.02. The molecule has 26 heavy (non-hydrogen) atoms. The first-order chi connectivity index (χ1) is 12.7. The number of para-hydroxylation sites is 2. The van der Waals surface area contributed by atoms with Crippen molar-refractivity contribution in [1.82, 2.24) is 24.1 Å². The number of thiazole rings is 1. The number of aromatic nitrogens is 5. The second-order valence-corrected chi connectivity index (χ2v) is 8.12. The third-order valence-electron chi connectivity index (χ3n) is 4.29. The molecule has 3 aromatic heterocycles. The van der Waals surface area contributed by atoms with Gasteiger partial charge in [-0.05, 0) is 24.3 Å². The van der Waals surface area contributed by atoms with E-state index in [1.165, 1.54) is 4.70 Å². The molecule has 0 bridgehead atoms. The molecule has 0 spiro atoms. The molecule has 0 fully saturated rings. The van der Waals surface area contributed by atoms with Crippen LogP contribution in [0.5, 0.6) is 0 Å². The molecule has 0 amide bonds. The van der Waals surface area contributed by atoms with E-state index in [0.29, 0.717) is 16.9 Å². The van der Waals surface area contributed by atoms with Gasteiger partial charge in [0.2, 0.25) is 5.78 Å². The largest absolute Gasteiger partial charge is 0.279 e. The highest BCUT2D eigenvalue weighted by Gasteiger charge is 2.15. The van der Waals surface area contributed by atoms with Crippen molar-refractivity contribution < 1.29 is 0 Å². The zero-order valence-corrected chi connectivity index (χ0v) is 15.4. The summed E-state index contributed by atoms with van der Waals surface area (Å²) in [6.45, 7) is 0. The highest BCUT2D eigenvalue weighted by molar-refractivity contribution is 8.00. The monoisotopic (exact) mass is 379 g/mol. The molecule has 0 radical (unpaired) electrons. The first-order valence-corrected chi connectivity index (χ1v) is 9.83. The van der Waals surface area contributed by atoms with Gasteiger partial charge >= 0.3 is 0 Å². The van der Waals surface area contributed by atoms with Gasteiger partial charge in [0.05, 0.1) is 26.9 Å². The van der Waals surface area contributed by atoms with Gasteiger partial charge in [-0.25, -0.2) is 4.98 Å². The third kappa shape index (κ3) is 2.33. The number of thioether (sulfide) groups is 1. The van der Waals surface area contributed by atoms with E-state index in [2.05, 4.69) is 21.2 Å². The normalized spacial score (nSPS) is 11.7. The smallest absolute Gasteiger partial charge is 0.262 e. The molecule has 0 atom stereocenters. The Morgan fingerprint density at radius 2 is 1.88 bits per heavy atom. The van der Waals surface area contributed by atoms with Crippen LogP contribution < -0.4 is 5.56 Å². The van der Waals surface area contributed by atoms with E-state index in [1.54, 1.807) is 34.7 Å². The number of benzene rings is 2. The van der Waals surface area contributed by atoms with Crippen molar-refractivity contribution in [3.8, 4) is 0 Å². The van der Waals surface area contributed by atoms with Crippen LogP contribution >= 0.6 is 23.1 Å². The summed E-state index contributed by atoms with van der Waals surface area (Å²) in [4.78, 5) is 17.2. The van der Waals surface area contributed by atoms with Crippen LogP contribution in [0.15, 0.2) is 57.7 Å². The predicted molar refractivity (Wildman–Crippen MR) is 105 cm³/mol. The zero-order chi connectivity index (χ0) is 17.7. The fraction of sp³-hybridized carbons (Fsp3) is 0.111. The van der Waals surface area contributed by atoms with E-state index >= 15 is 0 Å². The molecule has 6 nitrogen and oxygen atoms in total.